The van der Waals surface area contributed by atoms with Crippen molar-refractivity contribution in [3.8, 4) is 0 Å². The van der Waals surface area contributed by atoms with E-state index in [-0.39, 0.29) is 11.2 Å². The second-order valence-corrected chi connectivity index (χ2v) is 5.34. The summed E-state index contributed by atoms with van der Waals surface area (Å²) in [7, 11) is 0. The van der Waals surface area contributed by atoms with Gasteiger partial charge >= 0.3 is 5.69 Å². The van der Waals surface area contributed by atoms with Gasteiger partial charge in [-0.1, -0.05) is 6.07 Å². The van der Waals surface area contributed by atoms with Gasteiger partial charge in [0.25, 0.3) is 0 Å². The minimum Gasteiger partial charge on any atom is -0.325 e. The number of rotatable bonds is 3. The van der Waals surface area contributed by atoms with Crippen LogP contribution in [0.1, 0.15) is 25.8 Å². The summed E-state index contributed by atoms with van der Waals surface area (Å²) < 4.78 is 1.75. The van der Waals surface area contributed by atoms with E-state index in [0.717, 1.165) is 23.0 Å². The van der Waals surface area contributed by atoms with Crippen LogP contribution < -0.4 is 11.4 Å². The lowest BCUT2D eigenvalue weighted by Gasteiger charge is -2.18. The Labute approximate surface area is 100 Å². The van der Waals surface area contributed by atoms with Crippen molar-refractivity contribution in [3.05, 3.63) is 34.2 Å². The summed E-state index contributed by atoms with van der Waals surface area (Å²) in [6, 6.07) is 5.98. The highest BCUT2D eigenvalue weighted by atomic mass is 16.1. The van der Waals surface area contributed by atoms with Crippen LogP contribution in [0.5, 0.6) is 0 Å². The SMILES string of the molecule is Cc1ccc2c(c1)[nH]c(=O)n2CCC(C)(C)N. The van der Waals surface area contributed by atoms with Crippen LogP contribution in [-0.2, 0) is 6.54 Å². The summed E-state index contributed by atoms with van der Waals surface area (Å²) in [5.74, 6) is 0. The Bertz CT molecular complexity index is 587. The van der Waals surface area contributed by atoms with Crippen molar-refractivity contribution in [1.82, 2.24) is 9.55 Å². The van der Waals surface area contributed by atoms with Gasteiger partial charge in [-0.25, -0.2) is 4.79 Å². The standard InChI is InChI=1S/C13H19N3O/c1-9-4-5-11-10(8-9)15-12(17)16(11)7-6-13(2,3)14/h4-5,8H,6-7,14H2,1-3H3,(H,15,17). The molecule has 2 rings (SSSR count). The first-order valence-electron chi connectivity index (χ1n) is 5.85. The molecule has 0 saturated heterocycles. The highest BCUT2D eigenvalue weighted by Gasteiger charge is 2.13. The topological polar surface area (TPSA) is 63.8 Å². The quantitative estimate of drug-likeness (QED) is 0.848. The molecular weight excluding hydrogens is 214 g/mol. The molecule has 1 aromatic carbocycles. The highest BCUT2D eigenvalue weighted by molar-refractivity contribution is 5.75. The number of benzene rings is 1. The first-order valence-corrected chi connectivity index (χ1v) is 5.85. The predicted octanol–water partition coefficient (Wildman–Crippen LogP) is 1.77. The molecule has 0 saturated carbocycles. The lowest BCUT2D eigenvalue weighted by molar-refractivity contribution is 0.436. The maximum Gasteiger partial charge on any atom is 0.326 e. The fourth-order valence-electron chi connectivity index (χ4n) is 1.90. The number of fused-ring (bicyclic) bond motifs is 1. The first kappa shape index (κ1) is 11.9. The van der Waals surface area contributed by atoms with Gasteiger partial charge in [0.2, 0.25) is 0 Å². The smallest absolute Gasteiger partial charge is 0.325 e. The van der Waals surface area contributed by atoms with Gasteiger partial charge in [0.05, 0.1) is 11.0 Å². The van der Waals surface area contributed by atoms with Crippen molar-refractivity contribution < 1.29 is 0 Å². The number of nitrogens with zero attached hydrogens (tertiary/aromatic N) is 1. The molecule has 0 aliphatic carbocycles. The zero-order valence-electron chi connectivity index (χ0n) is 10.6. The van der Waals surface area contributed by atoms with Crippen LogP contribution >= 0.6 is 0 Å². The molecule has 0 aliphatic heterocycles. The van der Waals surface area contributed by atoms with Crippen molar-refractivity contribution in [2.24, 2.45) is 5.73 Å². The van der Waals surface area contributed by atoms with Gasteiger partial charge in [0.1, 0.15) is 0 Å². The first-order chi connectivity index (χ1) is 7.87. The van der Waals surface area contributed by atoms with Crippen molar-refractivity contribution in [1.29, 1.82) is 0 Å². The number of H-pyrrole nitrogens is 1. The average Bonchev–Trinajstić information content (AvgIpc) is 2.48. The van der Waals surface area contributed by atoms with Gasteiger partial charge in [-0.15, -0.1) is 0 Å². The number of hydrogen-bond acceptors (Lipinski definition) is 2. The Balaban J connectivity index is 2.40. The number of imidazole rings is 1. The van der Waals surface area contributed by atoms with E-state index in [1.165, 1.54) is 0 Å². The molecule has 0 amide bonds. The molecule has 4 nitrogen and oxygen atoms in total. The Hall–Kier alpha value is -1.55. The molecule has 0 fully saturated rings. The van der Waals surface area contributed by atoms with Gasteiger partial charge in [-0.2, -0.15) is 0 Å². The molecule has 3 N–H and O–H groups in total. The Morgan fingerprint density at radius 2 is 2.12 bits per heavy atom. The largest absolute Gasteiger partial charge is 0.326 e. The van der Waals surface area contributed by atoms with Crippen LogP contribution in [0.3, 0.4) is 0 Å². The van der Waals surface area contributed by atoms with E-state index < -0.39 is 0 Å². The minimum atomic E-state index is -0.256. The zero-order valence-corrected chi connectivity index (χ0v) is 10.6. The maximum absolute atomic E-state index is 11.8. The third-order valence-corrected chi connectivity index (χ3v) is 2.91. The number of aromatic amines is 1. The molecule has 92 valence electrons. The molecule has 0 unspecified atom stereocenters. The second kappa shape index (κ2) is 4.04. The predicted molar refractivity (Wildman–Crippen MR) is 70.2 cm³/mol. The Morgan fingerprint density at radius 1 is 1.41 bits per heavy atom. The van der Waals surface area contributed by atoms with E-state index in [1.807, 2.05) is 39.0 Å². The van der Waals surface area contributed by atoms with E-state index in [2.05, 4.69) is 4.98 Å². The van der Waals surface area contributed by atoms with E-state index in [4.69, 9.17) is 5.73 Å². The summed E-state index contributed by atoms with van der Waals surface area (Å²) in [5, 5.41) is 0. The summed E-state index contributed by atoms with van der Waals surface area (Å²) in [6.07, 6.45) is 0.772. The molecule has 0 aliphatic rings. The van der Waals surface area contributed by atoms with E-state index in [9.17, 15) is 4.79 Å². The lowest BCUT2D eigenvalue weighted by Crippen LogP contribution is -2.34. The molecule has 0 spiro atoms. The Kier molecular flexibility index (Phi) is 2.83. The molecule has 17 heavy (non-hydrogen) atoms. The van der Waals surface area contributed by atoms with Gasteiger partial charge in [-0.05, 0) is 44.9 Å². The fraction of sp³-hybridized carbons (Fsp3) is 0.462. The molecular formula is C13H19N3O. The number of nitrogens with one attached hydrogen (secondary N) is 1. The molecule has 0 atom stereocenters. The van der Waals surface area contributed by atoms with Crippen LogP contribution in [0, 0.1) is 6.92 Å². The third-order valence-electron chi connectivity index (χ3n) is 2.91. The lowest BCUT2D eigenvalue weighted by atomic mass is 10.0. The fourth-order valence-corrected chi connectivity index (χ4v) is 1.90. The number of nitrogens with two attached hydrogens (primary N) is 1. The normalized spacial score (nSPS) is 12.2. The van der Waals surface area contributed by atoms with Gasteiger partial charge in [0, 0.05) is 12.1 Å². The summed E-state index contributed by atoms with van der Waals surface area (Å²) in [4.78, 5) is 14.7. The number of hydrogen-bond donors (Lipinski definition) is 2. The van der Waals surface area contributed by atoms with Gasteiger partial charge < -0.3 is 10.7 Å². The molecule has 0 bridgehead atoms. The minimum absolute atomic E-state index is 0.0603. The van der Waals surface area contributed by atoms with Crippen molar-refractivity contribution in [2.75, 3.05) is 0 Å². The maximum atomic E-state index is 11.8. The number of aryl methyl sites for hydroxylation is 2. The van der Waals surface area contributed by atoms with Crippen LogP contribution in [0.2, 0.25) is 0 Å². The highest BCUT2D eigenvalue weighted by Crippen LogP contribution is 2.14. The van der Waals surface area contributed by atoms with Crippen LogP contribution in [-0.4, -0.2) is 15.1 Å². The van der Waals surface area contributed by atoms with E-state index in [0.29, 0.717) is 6.54 Å². The van der Waals surface area contributed by atoms with Crippen LogP contribution in [0.25, 0.3) is 11.0 Å². The summed E-state index contributed by atoms with van der Waals surface area (Å²) >= 11 is 0. The molecule has 1 heterocycles. The molecule has 2 aromatic rings. The average molecular weight is 233 g/mol. The van der Waals surface area contributed by atoms with Crippen molar-refractivity contribution >= 4 is 11.0 Å². The molecule has 1 aromatic heterocycles. The molecule has 0 radical (unpaired) electrons. The van der Waals surface area contributed by atoms with Crippen LogP contribution in [0.15, 0.2) is 23.0 Å². The number of aromatic nitrogens is 2. The van der Waals surface area contributed by atoms with Crippen molar-refractivity contribution in [3.63, 3.8) is 0 Å². The summed E-state index contributed by atoms with van der Waals surface area (Å²) in [6.45, 7) is 6.59. The zero-order chi connectivity index (χ0) is 12.6. The van der Waals surface area contributed by atoms with Crippen molar-refractivity contribution in [2.45, 2.75) is 39.3 Å². The second-order valence-electron chi connectivity index (χ2n) is 5.34. The third kappa shape index (κ3) is 2.58. The van der Waals surface area contributed by atoms with Gasteiger partial charge in [-0.3, -0.25) is 4.57 Å². The monoisotopic (exact) mass is 233 g/mol. The van der Waals surface area contributed by atoms with Gasteiger partial charge in [0.15, 0.2) is 0 Å². The molecule has 4 heteroatoms. The van der Waals surface area contributed by atoms with Crippen LogP contribution in [0.4, 0.5) is 0 Å². The Morgan fingerprint density at radius 3 is 2.76 bits per heavy atom. The van der Waals surface area contributed by atoms with E-state index in [1.54, 1.807) is 4.57 Å². The summed E-state index contributed by atoms with van der Waals surface area (Å²) in [5.41, 5.74) is 8.61. The van der Waals surface area contributed by atoms with E-state index >= 15 is 0 Å².